The van der Waals surface area contributed by atoms with Crippen molar-refractivity contribution in [2.24, 2.45) is 0 Å². The lowest BCUT2D eigenvalue weighted by atomic mass is 9.75. The molecule has 0 saturated heterocycles. The number of hydrogen-bond donors (Lipinski definition) is 0. The molecule has 2 aromatic rings. The van der Waals surface area contributed by atoms with Gasteiger partial charge in [-0.25, -0.2) is 0 Å². The number of allylic oxidation sites excluding steroid dienone is 4. The van der Waals surface area contributed by atoms with Crippen molar-refractivity contribution < 1.29 is 0 Å². The van der Waals surface area contributed by atoms with E-state index < -0.39 is 0 Å². The minimum absolute atomic E-state index is 0.142. The Kier molecular flexibility index (Phi) is 3.30. The molecule has 0 fully saturated rings. The van der Waals surface area contributed by atoms with E-state index in [0.717, 1.165) is 6.42 Å². The van der Waals surface area contributed by atoms with Crippen LogP contribution in [0, 0.1) is 3.57 Å². The molecule has 0 spiro atoms. The third-order valence-electron chi connectivity index (χ3n) is 5.17. The smallest absolute Gasteiger partial charge is 0.0133 e. The lowest BCUT2D eigenvalue weighted by Crippen LogP contribution is -2.19. The van der Waals surface area contributed by atoms with Gasteiger partial charge in [-0.1, -0.05) is 68.0 Å². The van der Waals surface area contributed by atoms with Crippen LogP contribution in [0.15, 0.2) is 66.3 Å². The molecule has 2 aliphatic carbocycles. The van der Waals surface area contributed by atoms with Gasteiger partial charge in [0.15, 0.2) is 0 Å². The van der Waals surface area contributed by atoms with Crippen LogP contribution in [-0.2, 0) is 5.41 Å². The Bertz CT molecular complexity index is 794. The maximum absolute atomic E-state index is 2.42. The van der Waals surface area contributed by atoms with E-state index in [4.69, 9.17) is 0 Å². The van der Waals surface area contributed by atoms with Crippen LogP contribution in [-0.4, -0.2) is 0 Å². The quantitative estimate of drug-likeness (QED) is 0.511. The summed E-state index contributed by atoms with van der Waals surface area (Å²) in [5.74, 6) is 0.507. The Morgan fingerprint density at radius 1 is 1.05 bits per heavy atom. The molecule has 0 N–H and O–H groups in total. The van der Waals surface area contributed by atoms with Crippen LogP contribution in [0.25, 0.3) is 5.57 Å². The molecular weight excluding hydrogens is 379 g/mol. The fourth-order valence-electron chi connectivity index (χ4n) is 3.92. The number of halogens is 1. The molecule has 0 heterocycles. The average Bonchev–Trinajstić information content (AvgIpc) is 2.76. The van der Waals surface area contributed by atoms with Crippen molar-refractivity contribution >= 4 is 28.2 Å². The van der Waals surface area contributed by atoms with E-state index in [2.05, 4.69) is 97.1 Å². The van der Waals surface area contributed by atoms with E-state index in [1.54, 1.807) is 5.57 Å². The molecule has 0 bridgehead atoms. The first-order valence-electron chi connectivity index (χ1n) is 7.84. The zero-order chi connectivity index (χ0) is 15.3. The summed E-state index contributed by atoms with van der Waals surface area (Å²) in [5, 5.41) is 0. The van der Waals surface area contributed by atoms with Crippen LogP contribution < -0.4 is 0 Å². The lowest BCUT2D eigenvalue weighted by molar-refractivity contribution is 0.590. The van der Waals surface area contributed by atoms with Crippen LogP contribution in [0.3, 0.4) is 0 Å². The molecule has 2 aliphatic rings. The summed E-state index contributed by atoms with van der Waals surface area (Å²) in [6.07, 6.45) is 5.88. The highest BCUT2D eigenvalue weighted by Gasteiger charge is 2.39. The predicted molar refractivity (Wildman–Crippen MR) is 102 cm³/mol. The topological polar surface area (TPSA) is 0 Å². The second-order valence-corrected chi connectivity index (χ2v) is 8.03. The monoisotopic (exact) mass is 398 g/mol. The summed E-state index contributed by atoms with van der Waals surface area (Å²) in [6.45, 7) is 4.76. The number of benzene rings is 2. The first kappa shape index (κ1) is 14.3. The number of rotatable bonds is 1. The maximum Gasteiger partial charge on any atom is 0.0133 e. The van der Waals surface area contributed by atoms with Crippen LogP contribution >= 0.6 is 22.6 Å². The molecule has 110 valence electrons. The van der Waals surface area contributed by atoms with Crippen molar-refractivity contribution in [2.75, 3.05) is 0 Å². The highest BCUT2D eigenvalue weighted by Crippen LogP contribution is 2.52. The van der Waals surface area contributed by atoms with E-state index in [1.165, 1.54) is 25.8 Å². The molecule has 0 amide bonds. The van der Waals surface area contributed by atoms with Gasteiger partial charge < -0.3 is 0 Å². The van der Waals surface area contributed by atoms with Gasteiger partial charge in [0.05, 0.1) is 0 Å². The Morgan fingerprint density at radius 2 is 1.82 bits per heavy atom. The van der Waals surface area contributed by atoms with Crippen LogP contribution in [0.1, 0.15) is 42.9 Å². The summed E-state index contributed by atoms with van der Waals surface area (Å²) in [6, 6.07) is 17.8. The summed E-state index contributed by atoms with van der Waals surface area (Å²) < 4.78 is 1.33. The first-order chi connectivity index (χ1) is 10.6. The minimum atomic E-state index is 0.142. The molecular formula is C21H19I. The van der Waals surface area contributed by atoms with Gasteiger partial charge in [0.2, 0.25) is 0 Å². The van der Waals surface area contributed by atoms with Gasteiger partial charge >= 0.3 is 0 Å². The third-order valence-corrected chi connectivity index (χ3v) is 5.84. The Hall–Kier alpha value is -1.35. The van der Waals surface area contributed by atoms with Gasteiger partial charge in [0, 0.05) is 14.9 Å². The molecule has 1 heteroatoms. The van der Waals surface area contributed by atoms with Gasteiger partial charge in [-0.3, -0.25) is 0 Å². The molecule has 1 atom stereocenters. The molecule has 4 rings (SSSR count). The molecule has 22 heavy (non-hydrogen) atoms. The summed E-state index contributed by atoms with van der Waals surface area (Å²) >= 11 is 2.42. The fraction of sp³-hybridized carbons (Fsp3) is 0.238. The van der Waals surface area contributed by atoms with Crippen molar-refractivity contribution in [3.05, 3.63) is 86.5 Å². The van der Waals surface area contributed by atoms with Crippen LogP contribution in [0.5, 0.6) is 0 Å². The summed E-state index contributed by atoms with van der Waals surface area (Å²) in [5.41, 5.74) is 7.55. The van der Waals surface area contributed by atoms with Crippen LogP contribution in [0.4, 0.5) is 0 Å². The van der Waals surface area contributed by atoms with Crippen molar-refractivity contribution in [1.29, 1.82) is 0 Å². The minimum Gasteiger partial charge on any atom is -0.0761 e. The first-order valence-corrected chi connectivity index (χ1v) is 8.92. The van der Waals surface area contributed by atoms with E-state index >= 15 is 0 Å². The Balaban J connectivity index is 1.78. The molecule has 0 aromatic heterocycles. The molecule has 0 saturated carbocycles. The summed E-state index contributed by atoms with van der Waals surface area (Å²) in [4.78, 5) is 0. The highest BCUT2D eigenvalue weighted by atomic mass is 127. The largest absolute Gasteiger partial charge is 0.0761 e. The standard InChI is InChI=1S/C21H19I/c1-21(2)19-12-15(14-6-4-3-5-7-14)8-10-17(19)18-11-9-16(22)13-20(18)21/h3-11,13,15H,12H2,1-2H3. The third kappa shape index (κ3) is 2.10. The fourth-order valence-corrected chi connectivity index (χ4v) is 4.41. The van der Waals surface area contributed by atoms with Gasteiger partial charge in [0.1, 0.15) is 0 Å². The summed E-state index contributed by atoms with van der Waals surface area (Å²) in [7, 11) is 0. The molecule has 1 unspecified atom stereocenters. The van der Waals surface area contributed by atoms with Crippen molar-refractivity contribution in [2.45, 2.75) is 31.6 Å². The Morgan fingerprint density at radius 3 is 2.59 bits per heavy atom. The second kappa shape index (κ2) is 5.09. The van der Waals surface area contributed by atoms with Gasteiger partial charge in [-0.05, 0) is 63.4 Å². The van der Waals surface area contributed by atoms with E-state index in [-0.39, 0.29) is 5.41 Å². The highest BCUT2D eigenvalue weighted by molar-refractivity contribution is 14.1. The maximum atomic E-state index is 2.42. The molecule has 0 aliphatic heterocycles. The molecule has 2 aromatic carbocycles. The zero-order valence-electron chi connectivity index (χ0n) is 12.9. The van der Waals surface area contributed by atoms with Crippen molar-refractivity contribution in [3.8, 4) is 0 Å². The lowest BCUT2D eigenvalue weighted by Gasteiger charge is -2.29. The van der Waals surface area contributed by atoms with E-state index in [1.807, 2.05) is 0 Å². The predicted octanol–water partition coefficient (Wildman–Crippen LogP) is 6.08. The Labute approximate surface area is 146 Å². The SMILES string of the molecule is CC1(C)C2=C(C=CC(c3ccccc3)C2)c2ccc(I)cc21. The van der Waals surface area contributed by atoms with Gasteiger partial charge in [0.25, 0.3) is 0 Å². The van der Waals surface area contributed by atoms with Gasteiger partial charge in [-0.15, -0.1) is 0 Å². The zero-order valence-corrected chi connectivity index (χ0v) is 15.1. The van der Waals surface area contributed by atoms with E-state index in [9.17, 15) is 0 Å². The van der Waals surface area contributed by atoms with Crippen molar-refractivity contribution in [3.63, 3.8) is 0 Å². The second-order valence-electron chi connectivity index (χ2n) is 6.79. The number of fused-ring (bicyclic) bond motifs is 2. The number of hydrogen-bond acceptors (Lipinski definition) is 0. The molecule has 0 radical (unpaired) electrons. The molecule has 0 nitrogen and oxygen atoms in total. The van der Waals surface area contributed by atoms with E-state index in [0.29, 0.717) is 5.92 Å². The van der Waals surface area contributed by atoms with Gasteiger partial charge in [-0.2, -0.15) is 0 Å². The van der Waals surface area contributed by atoms with Crippen molar-refractivity contribution in [1.82, 2.24) is 0 Å². The normalized spacial score (nSPS) is 21.7. The van der Waals surface area contributed by atoms with Crippen LogP contribution in [0.2, 0.25) is 0 Å². The average molecular weight is 398 g/mol.